The number of halogens is 1. The van der Waals surface area contributed by atoms with Gasteiger partial charge in [0, 0.05) is 17.1 Å². The highest BCUT2D eigenvalue weighted by molar-refractivity contribution is 7.99. The summed E-state index contributed by atoms with van der Waals surface area (Å²) in [5.41, 5.74) is 0.830. The molecule has 1 aromatic heterocycles. The SMILES string of the molecule is COc1ccc2nc(NC(=O)CCSc3ccc(F)cc3)sc2c1. The summed E-state index contributed by atoms with van der Waals surface area (Å²) in [5.74, 6) is 1.04. The van der Waals surface area contributed by atoms with Gasteiger partial charge in [0.1, 0.15) is 11.6 Å². The van der Waals surface area contributed by atoms with Crippen LogP contribution in [0.2, 0.25) is 0 Å². The van der Waals surface area contributed by atoms with Crippen LogP contribution in [0.4, 0.5) is 9.52 Å². The van der Waals surface area contributed by atoms with Crippen molar-refractivity contribution in [2.24, 2.45) is 0 Å². The van der Waals surface area contributed by atoms with Crippen LogP contribution >= 0.6 is 23.1 Å². The third-order valence-electron chi connectivity index (χ3n) is 3.25. The highest BCUT2D eigenvalue weighted by atomic mass is 32.2. The normalized spacial score (nSPS) is 10.8. The number of amides is 1. The summed E-state index contributed by atoms with van der Waals surface area (Å²) in [7, 11) is 1.61. The van der Waals surface area contributed by atoms with Crippen LogP contribution in [0.1, 0.15) is 6.42 Å². The second-order valence-electron chi connectivity index (χ2n) is 4.95. The fourth-order valence-electron chi connectivity index (χ4n) is 2.06. The van der Waals surface area contributed by atoms with Crippen LogP contribution in [0.15, 0.2) is 47.4 Å². The Hall–Kier alpha value is -2.12. The van der Waals surface area contributed by atoms with Gasteiger partial charge in [-0.05, 0) is 42.5 Å². The number of thioether (sulfide) groups is 1. The number of fused-ring (bicyclic) bond motifs is 1. The lowest BCUT2D eigenvalue weighted by Gasteiger charge is -2.02. The minimum atomic E-state index is -0.260. The molecule has 0 unspecified atom stereocenters. The van der Waals surface area contributed by atoms with Crippen LogP contribution in [-0.4, -0.2) is 23.8 Å². The molecule has 3 rings (SSSR count). The summed E-state index contributed by atoms with van der Waals surface area (Å²) in [6, 6.07) is 11.8. The summed E-state index contributed by atoms with van der Waals surface area (Å²) in [6.45, 7) is 0. The highest BCUT2D eigenvalue weighted by Crippen LogP contribution is 2.29. The van der Waals surface area contributed by atoms with Gasteiger partial charge in [-0.25, -0.2) is 9.37 Å². The number of benzene rings is 2. The number of hydrogen-bond acceptors (Lipinski definition) is 5. The molecule has 124 valence electrons. The topological polar surface area (TPSA) is 51.2 Å². The molecule has 0 aliphatic heterocycles. The fourth-order valence-corrected chi connectivity index (χ4v) is 3.82. The van der Waals surface area contributed by atoms with Crippen molar-refractivity contribution in [3.63, 3.8) is 0 Å². The van der Waals surface area contributed by atoms with Gasteiger partial charge in [0.05, 0.1) is 17.3 Å². The number of carbonyl (C=O) groups excluding carboxylic acids is 1. The van der Waals surface area contributed by atoms with Crippen molar-refractivity contribution < 1.29 is 13.9 Å². The zero-order valence-electron chi connectivity index (χ0n) is 12.9. The van der Waals surface area contributed by atoms with Crippen LogP contribution in [0, 0.1) is 5.82 Å². The van der Waals surface area contributed by atoms with Crippen molar-refractivity contribution in [2.75, 3.05) is 18.2 Å². The first-order valence-corrected chi connectivity index (χ1v) is 9.07. The number of hydrogen-bond donors (Lipinski definition) is 1. The maximum Gasteiger partial charge on any atom is 0.226 e. The summed E-state index contributed by atoms with van der Waals surface area (Å²) >= 11 is 2.93. The Labute approximate surface area is 147 Å². The van der Waals surface area contributed by atoms with E-state index in [0.29, 0.717) is 17.3 Å². The molecule has 0 saturated heterocycles. The Bertz CT molecular complexity index is 849. The number of ether oxygens (including phenoxy) is 1. The standard InChI is InChI=1S/C17H15FN2O2S2/c1-22-12-4-7-14-15(10-12)24-17(19-14)20-16(21)8-9-23-13-5-2-11(18)3-6-13/h2-7,10H,8-9H2,1H3,(H,19,20,21). The van der Waals surface area contributed by atoms with E-state index in [9.17, 15) is 9.18 Å². The molecule has 0 aliphatic rings. The molecule has 1 amide bonds. The Morgan fingerprint density at radius 1 is 1.29 bits per heavy atom. The monoisotopic (exact) mass is 362 g/mol. The number of rotatable bonds is 6. The van der Waals surface area contributed by atoms with Gasteiger partial charge in [0.15, 0.2) is 5.13 Å². The number of anilines is 1. The maximum absolute atomic E-state index is 12.8. The number of nitrogens with zero attached hydrogens (tertiary/aromatic N) is 1. The quantitative estimate of drug-likeness (QED) is 0.653. The molecule has 0 saturated carbocycles. The number of methoxy groups -OCH3 is 1. The second kappa shape index (κ2) is 7.63. The molecule has 4 nitrogen and oxygen atoms in total. The summed E-state index contributed by atoms with van der Waals surface area (Å²) < 4.78 is 19.0. The first-order chi connectivity index (χ1) is 11.6. The van der Waals surface area contributed by atoms with E-state index in [1.165, 1.54) is 35.2 Å². The predicted octanol–water partition coefficient (Wildman–Crippen LogP) is 4.56. The van der Waals surface area contributed by atoms with Gasteiger partial charge in [-0.15, -0.1) is 11.8 Å². The molecule has 24 heavy (non-hydrogen) atoms. The van der Waals surface area contributed by atoms with Gasteiger partial charge >= 0.3 is 0 Å². The van der Waals surface area contributed by atoms with Gasteiger partial charge in [0.2, 0.25) is 5.91 Å². The molecular formula is C17H15FN2O2S2. The lowest BCUT2D eigenvalue weighted by Crippen LogP contribution is -2.11. The Morgan fingerprint density at radius 3 is 2.83 bits per heavy atom. The van der Waals surface area contributed by atoms with Gasteiger partial charge in [-0.1, -0.05) is 11.3 Å². The van der Waals surface area contributed by atoms with Gasteiger partial charge in [0.25, 0.3) is 0 Å². The van der Waals surface area contributed by atoms with E-state index < -0.39 is 0 Å². The molecule has 0 aliphatic carbocycles. The minimum Gasteiger partial charge on any atom is -0.497 e. The van der Waals surface area contributed by atoms with Crippen molar-refractivity contribution in [1.29, 1.82) is 0 Å². The Kier molecular flexibility index (Phi) is 5.32. The minimum absolute atomic E-state index is 0.0874. The molecule has 1 N–H and O–H groups in total. The zero-order chi connectivity index (χ0) is 16.9. The first-order valence-electron chi connectivity index (χ1n) is 7.27. The molecule has 3 aromatic rings. The number of aromatic nitrogens is 1. The molecule has 2 aromatic carbocycles. The summed E-state index contributed by atoms with van der Waals surface area (Å²) in [6.07, 6.45) is 0.362. The van der Waals surface area contributed by atoms with Crippen molar-refractivity contribution in [2.45, 2.75) is 11.3 Å². The Balaban J connectivity index is 1.53. The van der Waals surface area contributed by atoms with E-state index in [1.54, 1.807) is 19.2 Å². The molecule has 0 bridgehead atoms. The van der Waals surface area contributed by atoms with E-state index in [1.807, 2.05) is 18.2 Å². The average Bonchev–Trinajstić information content (AvgIpc) is 2.97. The van der Waals surface area contributed by atoms with Crippen LogP contribution in [0.25, 0.3) is 10.2 Å². The largest absolute Gasteiger partial charge is 0.497 e. The van der Waals surface area contributed by atoms with E-state index in [-0.39, 0.29) is 11.7 Å². The maximum atomic E-state index is 12.8. The number of carbonyl (C=O) groups is 1. The van der Waals surface area contributed by atoms with Crippen molar-refractivity contribution in [3.05, 3.63) is 48.3 Å². The zero-order valence-corrected chi connectivity index (χ0v) is 14.5. The third-order valence-corrected chi connectivity index (χ3v) is 5.20. The lowest BCUT2D eigenvalue weighted by molar-refractivity contribution is -0.115. The average molecular weight is 362 g/mol. The van der Waals surface area contributed by atoms with Crippen molar-refractivity contribution in [3.8, 4) is 5.75 Å². The number of nitrogens with one attached hydrogen (secondary N) is 1. The highest BCUT2D eigenvalue weighted by Gasteiger charge is 2.09. The Morgan fingerprint density at radius 2 is 2.08 bits per heavy atom. The number of thiazole rings is 1. The molecule has 0 atom stereocenters. The van der Waals surface area contributed by atoms with E-state index in [4.69, 9.17) is 4.74 Å². The van der Waals surface area contributed by atoms with Crippen LogP contribution in [-0.2, 0) is 4.79 Å². The van der Waals surface area contributed by atoms with Gasteiger partial charge in [-0.2, -0.15) is 0 Å². The second-order valence-corrected chi connectivity index (χ2v) is 7.15. The first kappa shape index (κ1) is 16.7. The molecule has 0 fully saturated rings. The van der Waals surface area contributed by atoms with Crippen molar-refractivity contribution >= 4 is 44.4 Å². The van der Waals surface area contributed by atoms with Crippen LogP contribution in [0.5, 0.6) is 5.75 Å². The summed E-state index contributed by atoms with van der Waals surface area (Å²) in [5, 5.41) is 3.40. The third kappa shape index (κ3) is 4.24. The smallest absolute Gasteiger partial charge is 0.226 e. The molecule has 0 radical (unpaired) electrons. The lowest BCUT2D eigenvalue weighted by atomic mass is 10.3. The fraction of sp³-hybridized carbons (Fsp3) is 0.176. The van der Waals surface area contributed by atoms with Crippen LogP contribution < -0.4 is 10.1 Å². The van der Waals surface area contributed by atoms with Gasteiger partial charge < -0.3 is 10.1 Å². The molecule has 0 spiro atoms. The summed E-state index contributed by atoms with van der Waals surface area (Å²) in [4.78, 5) is 17.3. The van der Waals surface area contributed by atoms with Crippen LogP contribution in [0.3, 0.4) is 0 Å². The predicted molar refractivity (Wildman–Crippen MR) is 96.5 cm³/mol. The van der Waals surface area contributed by atoms with Crippen molar-refractivity contribution in [1.82, 2.24) is 4.98 Å². The molecule has 7 heteroatoms. The molecule has 1 heterocycles. The van der Waals surface area contributed by atoms with E-state index >= 15 is 0 Å². The van der Waals surface area contributed by atoms with Gasteiger partial charge in [-0.3, -0.25) is 4.79 Å². The molecular weight excluding hydrogens is 347 g/mol. The van der Waals surface area contributed by atoms with E-state index in [2.05, 4.69) is 10.3 Å². The van der Waals surface area contributed by atoms with E-state index in [0.717, 1.165) is 20.9 Å².